The van der Waals surface area contributed by atoms with Crippen LogP contribution in [-0.2, 0) is 6.54 Å². The molecule has 88 valence electrons. The SMILES string of the molecule is Cc1cc(NCc2cccc(Br)n2)ccc1O. The molecule has 0 radical (unpaired) electrons. The van der Waals surface area contributed by atoms with Crippen LogP contribution >= 0.6 is 15.9 Å². The van der Waals surface area contributed by atoms with Crippen LogP contribution in [0.1, 0.15) is 11.3 Å². The van der Waals surface area contributed by atoms with Crippen LogP contribution in [0.4, 0.5) is 5.69 Å². The fraction of sp³-hybridized carbons (Fsp3) is 0.154. The molecule has 17 heavy (non-hydrogen) atoms. The summed E-state index contributed by atoms with van der Waals surface area (Å²) in [4.78, 5) is 4.33. The number of anilines is 1. The lowest BCUT2D eigenvalue weighted by Crippen LogP contribution is -2.01. The van der Waals surface area contributed by atoms with E-state index in [2.05, 4.69) is 26.2 Å². The molecule has 0 atom stereocenters. The summed E-state index contributed by atoms with van der Waals surface area (Å²) in [6, 6.07) is 11.3. The quantitative estimate of drug-likeness (QED) is 0.673. The maximum atomic E-state index is 9.42. The molecule has 2 rings (SSSR count). The number of nitrogens with zero attached hydrogens (tertiary/aromatic N) is 1. The van der Waals surface area contributed by atoms with E-state index in [1.165, 1.54) is 0 Å². The van der Waals surface area contributed by atoms with Crippen molar-refractivity contribution >= 4 is 21.6 Å². The van der Waals surface area contributed by atoms with Gasteiger partial charge in [-0.05, 0) is 58.7 Å². The number of hydrogen-bond acceptors (Lipinski definition) is 3. The van der Waals surface area contributed by atoms with Gasteiger partial charge in [0, 0.05) is 5.69 Å². The second-order valence-corrected chi connectivity index (χ2v) is 4.62. The van der Waals surface area contributed by atoms with Crippen LogP contribution in [0.3, 0.4) is 0 Å². The molecule has 1 heterocycles. The third-order valence-electron chi connectivity index (χ3n) is 2.44. The van der Waals surface area contributed by atoms with Crippen LogP contribution in [0.5, 0.6) is 5.75 Å². The highest BCUT2D eigenvalue weighted by atomic mass is 79.9. The first-order valence-corrected chi connectivity index (χ1v) is 6.09. The van der Waals surface area contributed by atoms with Gasteiger partial charge in [0.05, 0.1) is 12.2 Å². The normalized spacial score (nSPS) is 10.2. The Kier molecular flexibility index (Phi) is 3.64. The average molecular weight is 293 g/mol. The summed E-state index contributed by atoms with van der Waals surface area (Å²) < 4.78 is 0.832. The van der Waals surface area contributed by atoms with Crippen LogP contribution < -0.4 is 5.32 Å². The Hall–Kier alpha value is -1.55. The first-order valence-electron chi connectivity index (χ1n) is 5.30. The van der Waals surface area contributed by atoms with E-state index in [0.29, 0.717) is 12.3 Å². The number of pyridine rings is 1. The number of halogens is 1. The van der Waals surface area contributed by atoms with Gasteiger partial charge in [-0.25, -0.2) is 4.98 Å². The zero-order valence-electron chi connectivity index (χ0n) is 9.44. The predicted octanol–water partition coefficient (Wildman–Crippen LogP) is 3.47. The van der Waals surface area contributed by atoms with E-state index in [4.69, 9.17) is 0 Å². The molecule has 1 aromatic heterocycles. The third kappa shape index (κ3) is 3.20. The minimum atomic E-state index is 0.316. The van der Waals surface area contributed by atoms with Crippen molar-refractivity contribution in [2.45, 2.75) is 13.5 Å². The van der Waals surface area contributed by atoms with Gasteiger partial charge in [-0.1, -0.05) is 6.07 Å². The van der Waals surface area contributed by atoms with E-state index in [1.54, 1.807) is 6.07 Å². The van der Waals surface area contributed by atoms with Gasteiger partial charge in [-0.15, -0.1) is 0 Å². The van der Waals surface area contributed by atoms with Gasteiger partial charge >= 0.3 is 0 Å². The highest BCUT2D eigenvalue weighted by molar-refractivity contribution is 9.10. The molecule has 2 N–H and O–H groups in total. The summed E-state index contributed by atoms with van der Waals surface area (Å²) in [6.07, 6.45) is 0. The Morgan fingerprint density at radius 2 is 2.12 bits per heavy atom. The number of benzene rings is 1. The Morgan fingerprint density at radius 1 is 1.29 bits per heavy atom. The largest absolute Gasteiger partial charge is 0.508 e. The summed E-state index contributed by atoms with van der Waals surface area (Å²) in [5.41, 5.74) is 2.80. The van der Waals surface area contributed by atoms with E-state index in [9.17, 15) is 5.11 Å². The summed E-state index contributed by atoms with van der Waals surface area (Å²) in [7, 11) is 0. The third-order valence-corrected chi connectivity index (χ3v) is 2.88. The molecule has 2 aromatic rings. The smallest absolute Gasteiger partial charge is 0.118 e. The molecule has 1 aromatic carbocycles. The fourth-order valence-electron chi connectivity index (χ4n) is 1.51. The Balaban J connectivity index is 2.05. The molecule has 0 fully saturated rings. The molecular formula is C13H13BrN2O. The van der Waals surface area contributed by atoms with E-state index >= 15 is 0 Å². The van der Waals surface area contributed by atoms with Crippen molar-refractivity contribution in [3.05, 3.63) is 52.3 Å². The van der Waals surface area contributed by atoms with Gasteiger partial charge in [0.25, 0.3) is 0 Å². The van der Waals surface area contributed by atoms with Crippen LogP contribution in [0.2, 0.25) is 0 Å². The molecule has 0 unspecified atom stereocenters. The van der Waals surface area contributed by atoms with Crippen LogP contribution in [0.25, 0.3) is 0 Å². The fourth-order valence-corrected chi connectivity index (χ4v) is 1.89. The van der Waals surface area contributed by atoms with E-state index in [0.717, 1.165) is 21.5 Å². The molecule has 0 bridgehead atoms. The topological polar surface area (TPSA) is 45.2 Å². The highest BCUT2D eigenvalue weighted by Gasteiger charge is 1.99. The first-order chi connectivity index (χ1) is 8.15. The van der Waals surface area contributed by atoms with Crippen LogP contribution in [-0.4, -0.2) is 10.1 Å². The number of rotatable bonds is 3. The number of aromatic hydroxyl groups is 1. The Bertz CT molecular complexity index is 529. The van der Waals surface area contributed by atoms with Crippen molar-refractivity contribution in [2.24, 2.45) is 0 Å². The summed E-state index contributed by atoms with van der Waals surface area (Å²) in [6.45, 7) is 2.53. The molecule has 0 saturated carbocycles. The maximum absolute atomic E-state index is 9.42. The van der Waals surface area contributed by atoms with Gasteiger partial charge in [0.15, 0.2) is 0 Å². The second kappa shape index (κ2) is 5.19. The van der Waals surface area contributed by atoms with Crippen molar-refractivity contribution in [1.82, 2.24) is 4.98 Å². The lowest BCUT2D eigenvalue weighted by atomic mass is 10.2. The van der Waals surface area contributed by atoms with E-state index in [-0.39, 0.29) is 0 Å². The van der Waals surface area contributed by atoms with Crippen molar-refractivity contribution in [3.63, 3.8) is 0 Å². The molecule has 3 nitrogen and oxygen atoms in total. The number of aryl methyl sites for hydroxylation is 1. The number of phenolic OH excluding ortho intramolecular Hbond substituents is 1. The Labute approximate surface area is 109 Å². The van der Waals surface area contributed by atoms with Gasteiger partial charge in [0.1, 0.15) is 10.4 Å². The molecule has 0 aliphatic heterocycles. The molecule has 0 saturated heterocycles. The highest BCUT2D eigenvalue weighted by Crippen LogP contribution is 2.20. The lowest BCUT2D eigenvalue weighted by molar-refractivity contribution is 0.471. The van der Waals surface area contributed by atoms with E-state index < -0.39 is 0 Å². The molecule has 0 spiro atoms. The zero-order valence-corrected chi connectivity index (χ0v) is 11.0. The summed E-state index contributed by atoms with van der Waals surface area (Å²) in [5.74, 6) is 0.316. The lowest BCUT2D eigenvalue weighted by Gasteiger charge is -2.07. The number of aromatic nitrogens is 1. The minimum Gasteiger partial charge on any atom is -0.508 e. The van der Waals surface area contributed by atoms with Gasteiger partial charge in [0.2, 0.25) is 0 Å². The van der Waals surface area contributed by atoms with Gasteiger partial charge in [-0.2, -0.15) is 0 Å². The Morgan fingerprint density at radius 3 is 2.82 bits per heavy atom. The number of nitrogens with one attached hydrogen (secondary N) is 1. The second-order valence-electron chi connectivity index (χ2n) is 3.81. The summed E-state index contributed by atoms with van der Waals surface area (Å²) >= 11 is 3.34. The van der Waals surface area contributed by atoms with Crippen molar-refractivity contribution in [1.29, 1.82) is 0 Å². The standard InChI is InChI=1S/C13H13BrN2O/c1-9-7-10(5-6-12(9)17)15-8-11-3-2-4-13(14)16-11/h2-7,15,17H,8H2,1H3. The van der Waals surface area contributed by atoms with Crippen LogP contribution in [0, 0.1) is 6.92 Å². The van der Waals surface area contributed by atoms with Crippen molar-refractivity contribution in [3.8, 4) is 5.75 Å². The molecule has 0 aliphatic carbocycles. The predicted molar refractivity (Wildman–Crippen MR) is 72.1 cm³/mol. The minimum absolute atomic E-state index is 0.316. The van der Waals surface area contributed by atoms with Crippen molar-refractivity contribution in [2.75, 3.05) is 5.32 Å². The molecule has 4 heteroatoms. The maximum Gasteiger partial charge on any atom is 0.118 e. The number of phenols is 1. The molecule has 0 aliphatic rings. The first kappa shape index (κ1) is 11.9. The average Bonchev–Trinajstić information content (AvgIpc) is 2.31. The molecule has 0 amide bonds. The van der Waals surface area contributed by atoms with Gasteiger partial charge < -0.3 is 10.4 Å². The summed E-state index contributed by atoms with van der Waals surface area (Å²) in [5, 5.41) is 12.7. The van der Waals surface area contributed by atoms with Crippen LogP contribution in [0.15, 0.2) is 41.0 Å². The number of hydrogen-bond donors (Lipinski definition) is 2. The van der Waals surface area contributed by atoms with Crippen molar-refractivity contribution < 1.29 is 5.11 Å². The van der Waals surface area contributed by atoms with E-state index in [1.807, 2.05) is 37.3 Å². The monoisotopic (exact) mass is 292 g/mol. The zero-order chi connectivity index (χ0) is 12.3. The van der Waals surface area contributed by atoms with Gasteiger partial charge in [-0.3, -0.25) is 0 Å². The molecular weight excluding hydrogens is 280 g/mol.